The predicted molar refractivity (Wildman–Crippen MR) is 73.7 cm³/mol. The molecule has 0 unspecified atom stereocenters. The van der Waals surface area contributed by atoms with Crippen molar-refractivity contribution >= 4 is 5.91 Å². The van der Waals surface area contributed by atoms with E-state index in [1.165, 1.54) is 12.1 Å². The number of ether oxygens (including phenoxy) is 1. The van der Waals surface area contributed by atoms with E-state index in [2.05, 4.69) is 0 Å². The summed E-state index contributed by atoms with van der Waals surface area (Å²) in [6, 6.07) is 3.50. The maximum atomic E-state index is 13.5. The van der Waals surface area contributed by atoms with E-state index in [0.29, 0.717) is 17.4 Å². The molecule has 0 saturated carbocycles. The second-order valence-corrected chi connectivity index (χ2v) is 6.11. The molecule has 2 saturated heterocycles. The predicted octanol–water partition coefficient (Wildman–Crippen LogP) is 2.54. The fraction of sp³-hybridized carbons (Fsp3) is 0.562. The van der Waals surface area contributed by atoms with Crippen molar-refractivity contribution in [3.63, 3.8) is 0 Å². The molecule has 1 amide bonds. The van der Waals surface area contributed by atoms with Crippen LogP contribution in [0.2, 0.25) is 0 Å². The molecule has 3 nitrogen and oxygen atoms in total. The van der Waals surface area contributed by atoms with Crippen molar-refractivity contribution < 1.29 is 18.3 Å². The number of hydrogen-bond acceptors (Lipinski definition) is 2. The van der Waals surface area contributed by atoms with Crippen molar-refractivity contribution in [3.05, 3.63) is 35.4 Å². The average molecular weight is 295 g/mol. The lowest BCUT2D eigenvalue weighted by Crippen LogP contribution is -2.52. The number of carbonyl (C=O) groups is 1. The monoisotopic (exact) mass is 295 g/mol. The first kappa shape index (κ1) is 14.4. The zero-order valence-corrected chi connectivity index (χ0v) is 11.9. The first-order chi connectivity index (χ1) is 10.1. The largest absolute Gasteiger partial charge is 0.380 e. The Hall–Kier alpha value is -1.49. The van der Waals surface area contributed by atoms with Gasteiger partial charge in [0.05, 0.1) is 13.2 Å². The Morgan fingerprint density at radius 2 is 1.95 bits per heavy atom. The number of hydrogen-bond donors (Lipinski definition) is 0. The summed E-state index contributed by atoms with van der Waals surface area (Å²) in [5, 5.41) is 0. The van der Waals surface area contributed by atoms with Gasteiger partial charge in [0.15, 0.2) is 0 Å². The van der Waals surface area contributed by atoms with Crippen molar-refractivity contribution in [2.75, 3.05) is 26.3 Å². The number of halogens is 2. The molecule has 3 rings (SSSR count). The highest BCUT2D eigenvalue weighted by Crippen LogP contribution is 2.38. The van der Waals surface area contributed by atoms with Crippen molar-refractivity contribution in [1.29, 1.82) is 0 Å². The minimum atomic E-state index is -0.591. The topological polar surface area (TPSA) is 29.5 Å². The highest BCUT2D eigenvalue weighted by molar-refractivity contribution is 5.76. The van der Waals surface area contributed by atoms with Gasteiger partial charge in [-0.25, -0.2) is 8.78 Å². The fourth-order valence-electron chi connectivity index (χ4n) is 3.03. The smallest absolute Gasteiger partial charge is 0.222 e. The van der Waals surface area contributed by atoms with Crippen LogP contribution in [0, 0.1) is 17.0 Å². The first-order valence-electron chi connectivity index (χ1n) is 7.37. The minimum absolute atomic E-state index is 0.0498. The third kappa shape index (κ3) is 3.07. The van der Waals surface area contributed by atoms with Crippen LogP contribution in [-0.4, -0.2) is 37.1 Å². The minimum Gasteiger partial charge on any atom is -0.380 e. The highest BCUT2D eigenvalue weighted by Gasteiger charge is 2.41. The Kier molecular flexibility index (Phi) is 3.93. The van der Waals surface area contributed by atoms with E-state index in [4.69, 9.17) is 4.74 Å². The van der Waals surface area contributed by atoms with Crippen LogP contribution in [0.5, 0.6) is 0 Å². The van der Waals surface area contributed by atoms with E-state index in [1.54, 1.807) is 0 Å². The third-order valence-corrected chi connectivity index (χ3v) is 4.62. The lowest BCUT2D eigenvalue weighted by atomic mass is 9.77. The van der Waals surface area contributed by atoms with Crippen molar-refractivity contribution in [1.82, 2.24) is 4.90 Å². The summed E-state index contributed by atoms with van der Waals surface area (Å²) in [5.74, 6) is -1.12. The van der Waals surface area contributed by atoms with Gasteiger partial charge in [0, 0.05) is 31.0 Å². The molecule has 21 heavy (non-hydrogen) atoms. The van der Waals surface area contributed by atoms with Gasteiger partial charge in [-0.2, -0.15) is 0 Å². The van der Waals surface area contributed by atoms with Gasteiger partial charge in [0.25, 0.3) is 0 Å². The quantitative estimate of drug-likeness (QED) is 0.857. The molecular weight excluding hydrogens is 276 g/mol. The van der Waals surface area contributed by atoms with Gasteiger partial charge < -0.3 is 9.64 Å². The number of piperidine rings is 1. The average Bonchev–Trinajstić information content (AvgIpc) is 2.44. The molecule has 114 valence electrons. The van der Waals surface area contributed by atoms with Crippen LogP contribution >= 0.6 is 0 Å². The molecule has 0 N–H and O–H groups in total. The standard InChI is InChI=1S/C16H19F2NO2/c17-13-3-1-12(14(18)9-13)2-4-15(20)19-7-5-16(6-8-19)10-21-11-16/h1,3,9H,2,4-8,10-11H2. The zero-order valence-electron chi connectivity index (χ0n) is 11.9. The molecule has 0 aromatic heterocycles. The summed E-state index contributed by atoms with van der Waals surface area (Å²) in [5.41, 5.74) is 0.699. The molecule has 0 atom stereocenters. The molecular formula is C16H19F2NO2. The normalized spacial score (nSPS) is 20.4. The number of aryl methyl sites for hydroxylation is 1. The lowest BCUT2D eigenvalue weighted by Gasteiger charge is -2.47. The number of amides is 1. The molecule has 2 aliphatic rings. The zero-order chi connectivity index (χ0) is 14.9. The molecule has 0 bridgehead atoms. The Balaban J connectivity index is 1.50. The van der Waals surface area contributed by atoms with E-state index in [9.17, 15) is 13.6 Å². The molecule has 1 aromatic carbocycles. The van der Waals surface area contributed by atoms with Crippen LogP contribution in [0.4, 0.5) is 8.78 Å². The molecule has 2 aliphatic heterocycles. The van der Waals surface area contributed by atoms with Crippen molar-refractivity contribution in [3.8, 4) is 0 Å². The van der Waals surface area contributed by atoms with Gasteiger partial charge in [0.1, 0.15) is 11.6 Å². The van der Waals surface area contributed by atoms with Crippen LogP contribution in [0.1, 0.15) is 24.8 Å². The number of rotatable bonds is 3. The molecule has 1 aromatic rings. The van der Waals surface area contributed by atoms with Crippen LogP contribution < -0.4 is 0 Å². The molecule has 5 heteroatoms. The molecule has 1 spiro atoms. The maximum absolute atomic E-state index is 13.5. The second-order valence-electron chi connectivity index (χ2n) is 6.11. The summed E-state index contributed by atoms with van der Waals surface area (Å²) in [7, 11) is 0. The van der Waals surface area contributed by atoms with Gasteiger partial charge in [-0.15, -0.1) is 0 Å². The Bertz CT molecular complexity index is 533. The van der Waals surface area contributed by atoms with Crippen LogP contribution in [0.25, 0.3) is 0 Å². The van der Waals surface area contributed by atoms with Crippen LogP contribution in [0.3, 0.4) is 0 Å². The summed E-state index contributed by atoms with van der Waals surface area (Å²) >= 11 is 0. The van der Waals surface area contributed by atoms with Gasteiger partial charge >= 0.3 is 0 Å². The summed E-state index contributed by atoms with van der Waals surface area (Å²) < 4.78 is 31.6. The maximum Gasteiger partial charge on any atom is 0.222 e. The number of nitrogens with zero attached hydrogens (tertiary/aromatic N) is 1. The lowest BCUT2D eigenvalue weighted by molar-refractivity contribution is -0.153. The first-order valence-corrected chi connectivity index (χ1v) is 7.37. The SMILES string of the molecule is O=C(CCc1ccc(F)cc1F)N1CCC2(CC1)COC2. The summed E-state index contributed by atoms with van der Waals surface area (Å²) in [4.78, 5) is 14.0. The molecule has 2 heterocycles. The van der Waals surface area contributed by atoms with E-state index in [0.717, 1.165) is 45.2 Å². The highest BCUT2D eigenvalue weighted by atomic mass is 19.1. The van der Waals surface area contributed by atoms with Crippen LogP contribution in [0.15, 0.2) is 18.2 Å². The Morgan fingerprint density at radius 3 is 2.52 bits per heavy atom. The van der Waals surface area contributed by atoms with Gasteiger partial charge in [-0.05, 0) is 30.9 Å². The van der Waals surface area contributed by atoms with Crippen molar-refractivity contribution in [2.45, 2.75) is 25.7 Å². The van der Waals surface area contributed by atoms with E-state index in [1.807, 2.05) is 4.90 Å². The second kappa shape index (κ2) is 5.72. The molecule has 0 radical (unpaired) electrons. The van der Waals surface area contributed by atoms with Gasteiger partial charge in [-0.3, -0.25) is 4.79 Å². The summed E-state index contributed by atoms with van der Waals surface area (Å²) in [6.45, 7) is 3.15. The fourth-order valence-corrected chi connectivity index (χ4v) is 3.03. The van der Waals surface area contributed by atoms with E-state index >= 15 is 0 Å². The Labute approximate surface area is 122 Å². The summed E-state index contributed by atoms with van der Waals surface area (Å²) in [6.07, 6.45) is 2.56. The van der Waals surface area contributed by atoms with E-state index < -0.39 is 11.6 Å². The van der Waals surface area contributed by atoms with E-state index in [-0.39, 0.29) is 12.3 Å². The number of likely N-dealkylation sites (tertiary alicyclic amines) is 1. The number of carbonyl (C=O) groups excluding carboxylic acids is 1. The Morgan fingerprint density at radius 1 is 1.24 bits per heavy atom. The molecule has 0 aliphatic carbocycles. The molecule has 2 fully saturated rings. The van der Waals surface area contributed by atoms with Gasteiger partial charge in [0.2, 0.25) is 5.91 Å². The van der Waals surface area contributed by atoms with Gasteiger partial charge in [-0.1, -0.05) is 6.07 Å². The van der Waals surface area contributed by atoms with Crippen molar-refractivity contribution in [2.24, 2.45) is 5.41 Å². The van der Waals surface area contributed by atoms with Crippen LogP contribution in [-0.2, 0) is 16.0 Å². The third-order valence-electron chi connectivity index (χ3n) is 4.62. The number of benzene rings is 1.